The molecule has 0 atom stereocenters. The standard InChI is InChI=1S/C18H25F3N4O3S.HI/c1-17(2)12-25(10-11-29(17,27)28)16(22-3)24-9-8-23-15(26)13-4-6-14(7-5-13)18(19,20)21;/h4-7H,8-12H2,1-3H3,(H,22,24)(H,23,26);1H. The number of amides is 1. The Bertz CT molecular complexity index is 872. The maximum atomic E-state index is 12.6. The summed E-state index contributed by atoms with van der Waals surface area (Å²) in [5.74, 6) is 0.0724. The van der Waals surface area contributed by atoms with Crippen molar-refractivity contribution < 1.29 is 26.4 Å². The third-order valence-corrected chi connectivity index (χ3v) is 7.26. The molecule has 0 unspecified atom stereocenters. The number of carbonyl (C=O) groups excluding carboxylic acids is 1. The van der Waals surface area contributed by atoms with E-state index in [1.807, 2.05) is 4.90 Å². The molecule has 7 nitrogen and oxygen atoms in total. The van der Waals surface area contributed by atoms with Crippen molar-refractivity contribution in [3.63, 3.8) is 0 Å². The summed E-state index contributed by atoms with van der Waals surface area (Å²) < 4.78 is 61.0. The molecule has 0 spiro atoms. The number of aliphatic imine (C=N–C) groups is 1. The van der Waals surface area contributed by atoms with Crippen LogP contribution in [-0.2, 0) is 16.0 Å². The number of alkyl halides is 3. The SMILES string of the molecule is CN=C(NCCNC(=O)c1ccc(C(F)(F)F)cc1)N1CCS(=O)(=O)C(C)(C)C1.I. The van der Waals surface area contributed by atoms with Gasteiger partial charge in [-0.25, -0.2) is 8.42 Å². The molecular weight excluding hydrogens is 536 g/mol. The molecule has 1 aromatic carbocycles. The highest BCUT2D eigenvalue weighted by Crippen LogP contribution is 2.29. The van der Waals surface area contributed by atoms with E-state index in [0.717, 1.165) is 24.3 Å². The first-order valence-corrected chi connectivity index (χ1v) is 10.7. The lowest BCUT2D eigenvalue weighted by Crippen LogP contribution is -2.57. The number of sulfone groups is 1. The van der Waals surface area contributed by atoms with E-state index in [0.29, 0.717) is 25.6 Å². The normalized spacial score (nSPS) is 18.3. The van der Waals surface area contributed by atoms with Crippen LogP contribution in [0.4, 0.5) is 13.2 Å². The Labute approximate surface area is 191 Å². The summed E-state index contributed by atoms with van der Waals surface area (Å²) in [5.41, 5.74) is -0.684. The summed E-state index contributed by atoms with van der Waals surface area (Å²) in [5, 5.41) is 5.67. The molecule has 1 aromatic rings. The molecule has 0 bridgehead atoms. The van der Waals surface area contributed by atoms with E-state index in [1.54, 1.807) is 20.9 Å². The van der Waals surface area contributed by atoms with Gasteiger partial charge >= 0.3 is 6.18 Å². The summed E-state index contributed by atoms with van der Waals surface area (Å²) in [6.07, 6.45) is -4.45. The molecule has 1 amide bonds. The third-order valence-electron chi connectivity index (χ3n) is 4.72. The first-order chi connectivity index (χ1) is 13.4. The molecule has 2 N–H and O–H groups in total. The van der Waals surface area contributed by atoms with Crippen LogP contribution in [0.3, 0.4) is 0 Å². The van der Waals surface area contributed by atoms with E-state index in [9.17, 15) is 26.4 Å². The van der Waals surface area contributed by atoms with Crippen molar-refractivity contribution in [3.05, 3.63) is 35.4 Å². The van der Waals surface area contributed by atoms with Gasteiger partial charge in [-0.1, -0.05) is 0 Å². The van der Waals surface area contributed by atoms with Crippen LogP contribution in [0, 0.1) is 0 Å². The van der Waals surface area contributed by atoms with E-state index < -0.39 is 32.2 Å². The number of hydrogen-bond donors (Lipinski definition) is 2. The van der Waals surface area contributed by atoms with Gasteiger partial charge in [-0.15, -0.1) is 24.0 Å². The van der Waals surface area contributed by atoms with E-state index in [1.165, 1.54) is 0 Å². The van der Waals surface area contributed by atoms with Gasteiger partial charge in [-0.3, -0.25) is 9.79 Å². The molecule has 1 aliphatic rings. The van der Waals surface area contributed by atoms with Crippen LogP contribution in [-0.4, -0.2) is 68.9 Å². The second kappa shape index (κ2) is 10.2. The van der Waals surface area contributed by atoms with Gasteiger partial charge in [-0.05, 0) is 38.1 Å². The van der Waals surface area contributed by atoms with Crippen molar-refractivity contribution >= 4 is 45.7 Å². The fourth-order valence-corrected chi connectivity index (χ4v) is 4.29. The van der Waals surface area contributed by atoms with Gasteiger partial charge in [0, 0.05) is 38.8 Å². The Morgan fingerprint density at radius 1 is 1.17 bits per heavy atom. The topological polar surface area (TPSA) is 90.9 Å². The van der Waals surface area contributed by atoms with Crippen LogP contribution >= 0.6 is 24.0 Å². The van der Waals surface area contributed by atoms with Crippen molar-refractivity contribution in [1.29, 1.82) is 0 Å². The molecule has 1 heterocycles. The monoisotopic (exact) mass is 562 g/mol. The van der Waals surface area contributed by atoms with Crippen LogP contribution in [0.1, 0.15) is 29.8 Å². The average Bonchev–Trinajstić information content (AvgIpc) is 2.63. The number of carbonyl (C=O) groups is 1. The number of guanidine groups is 1. The van der Waals surface area contributed by atoms with Crippen molar-refractivity contribution in [2.24, 2.45) is 4.99 Å². The molecule has 2 rings (SSSR count). The van der Waals surface area contributed by atoms with Crippen molar-refractivity contribution in [2.45, 2.75) is 24.8 Å². The van der Waals surface area contributed by atoms with Gasteiger partial charge < -0.3 is 15.5 Å². The number of nitrogens with zero attached hydrogens (tertiary/aromatic N) is 2. The molecular formula is C18H26F3IN4O3S. The Balaban J connectivity index is 0.00000450. The van der Waals surface area contributed by atoms with Crippen molar-refractivity contribution in [2.75, 3.05) is 39.0 Å². The average molecular weight is 562 g/mol. The van der Waals surface area contributed by atoms with Crippen LogP contribution in [0.2, 0.25) is 0 Å². The highest BCUT2D eigenvalue weighted by molar-refractivity contribution is 14.0. The fraction of sp³-hybridized carbons (Fsp3) is 0.556. The van der Waals surface area contributed by atoms with Gasteiger partial charge in [0.25, 0.3) is 5.91 Å². The lowest BCUT2D eigenvalue weighted by Gasteiger charge is -2.39. The lowest BCUT2D eigenvalue weighted by atomic mass is 10.1. The fourth-order valence-electron chi connectivity index (χ4n) is 2.92. The summed E-state index contributed by atoms with van der Waals surface area (Å²) in [4.78, 5) is 18.0. The summed E-state index contributed by atoms with van der Waals surface area (Å²) in [7, 11) is -1.58. The highest BCUT2D eigenvalue weighted by atomic mass is 127. The van der Waals surface area contributed by atoms with Crippen LogP contribution in [0.15, 0.2) is 29.3 Å². The highest BCUT2D eigenvalue weighted by Gasteiger charge is 2.40. The minimum Gasteiger partial charge on any atom is -0.354 e. The second-order valence-electron chi connectivity index (χ2n) is 7.31. The van der Waals surface area contributed by atoms with Crippen LogP contribution in [0.5, 0.6) is 0 Å². The number of hydrogen-bond acceptors (Lipinski definition) is 4. The quantitative estimate of drug-likeness (QED) is 0.254. The Morgan fingerprint density at radius 2 is 1.73 bits per heavy atom. The zero-order valence-electron chi connectivity index (χ0n) is 16.9. The number of benzene rings is 1. The maximum absolute atomic E-state index is 12.6. The Morgan fingerprint density at radius 3 is 2.23 bits per heavy atom. The second-order valence-corrected chi connectivity index (χ2v) is 10.0. The molecule has 0 aromatic heterocycles. The summed E-state index contributed by atoms with van der Waals surface area (Å²) in [6.45, 7) is 4.51. The first kappa shape index (κ1) is 26.5. The van der Waals surface area contributed by atoms with Crippen LogP contribution < -0.4 is 10.6 Å². The van der Waals surface area contributed by atoms with Gasteiger partial charge in [0.1, 0.15) is 0 Å². The summed E-state index contributed by atoms with van der Waals surface area (Å²) in [6, 6.07) is 3.98. The third kappa shape index (κ3) is 6.46. The van der Waals surface area contributed by atoms with Crippen molar-refractivity contribution in [3.8, 4) is 0 Å². The molecule has 1 aliphatic heterocycles. The van der Waals surface area contributed by atoms with Crippen LogP contribution in [0.25, 0.3) is 0 Å². The minimum absolute atomic E-state index is 0. The molecule has 0 saturated carbocycles. The maximum Gasteiger partial charge on any atom is 0.416 e. The molecule has 0 aliphatic carbocycles. The largest absolute Gasteiger partial charge is 0.416 e. The van der Waals surface area contributed by atoms with E-state index in [2.05, 4.69) is 15.6 Å². The number of nitrogens with one attached hydrogen (secondary N) is 2. The predicted molar refractivity (Wildman–Crippen MR) is 120 cm³/mol. The Kier molecular flexibility index (Phi) is 8.96. The van der Waals surface area contributed by atoms with Gasteiger partial charge in [-0.2, -0.15) is 13.2 Å². The van der Waals surface area contributed by atoms with Gasteiger partial charge in [0.05, 0.1) is 16.1 Å². The Hall–Kier alpha value is -1.57. The lowest BCUT2D eigenvalue weighted by molar-refractivity contribution is -0.137. The minimum atomic E-state index is -4.45. The molecule has 1 saturated heterocycles. The molecule has 30 heavy (non-hydrogen) atoms. The predicted octanol–water partition coefficient (Wildman–Crippen LogP) is 2.14. The van der Waals surface area contributed by atoms with E-state index in [4.69, 9.17) is 0 Å². The smallest absolute Gasteiger partial charge is 0.354 e. The van der Waals surface area contributed by atoms with Crippen molar-refractivity contribution in [1.82, 2.24) is 15.5 Å². The first-order valence-electron chi connectivity index (χ1n) is 9.01. The molecule has 0 radical (unpaired) electrons. The van der Waals surface area contributed by atoms with E-state index >= 15 is 0 Å². The number of rotatable bonds is 4. The molecule has 170 valence electrons. The zero-order chi connectivity index (χ0) is 21.9. The van der Waals surface area contributed by atoms with Gasteiger partial charge in [0.15, 0.2) is 15.8 Å². The molecule has 12 heteroatoms. The van der Waals surface area contributed by atoms with Gasteiger partial charge in [0.2, 0.25) is 0 Å². The zero-order valence-corrected chi connectivity index (χ0v) is 20.1. The molecule has 1 fully saturated rings. The van der Waals surface area contributed by atoms with E-state index in [-0.39, 0.29) is 41.8 Å². The summed E-state index contributed by atoms with van der Waals surface area (Å²) >= 11 is 0. The number of halogens is 4.